The van der Waals surface area contributed by atoms with E-state index in [0.717, 1.165) is 11.1 Å². The number of hydrogen-bond acceptors (Lipinski definition) is 2. The zero-order chi connectivity index (χ0) is 9.64. The van der Waals surface area contributed by atoms with Crippen molar-refractivity contribution in [1.82, 2.24) is 0 Å². The van der Waals surface area contributed by atoms with E-state index in [2.05, 4.69) is 21.7 Å². The Morgan fingerprint density at radius 2 is 1.29 bits per heavy atom. The summed E-state index contributed by atoms with van der Waals surface area (Å²) in [5, 5.41) is 0. The molecule has 2 rings (SSSR count). The predicted molar refractivity (Wildman–Crippen MR) is 58.5 cm³/mol. The summed E-state index contributed by atoms with van der Waals surface area (Å²) in [5.41, 5.74) is 2.18. The summed E-state index contributed by atoms with van der Waals surface area (Å²) in [6.45, 7) is 0. The lowest BCUT2D eigenvalue weighted by Crippen LogP contribution is -1.81. The minimum Gasteiger partial charge on any atom is -0.214 e. The van der Waals surface area contributed by atoms with E-state index >= 15 is 0 Å². The fraction of sp³-hybridized carbons (Fsp3) is 0. The third-order valence-corrected chi connectivity index (χ3v) is 1.81. The van der Waals surface area contributed by atoms with Crippen LogP contribution in [0.15, 0.2) is 70.0 Å². The van der Waals surface area contributed by atoms with E-state index in [9.17, 15) is 0 Å². The van der Waals surface area contributed by atoms with E-state index in [4.69, 9.17) is 0 Å². The summed E-state index contributed by atoms with van der Waals surface area (Å²) >= 11 is 0. The van der Waals surface area contributed by atoms with Crippen LogP contribution in [0, 0.1) is 0 Å². The van der Waals surface area contributed by atoms with Crippen LogP contribution in [0.3, 0.4) is 0 Å². The lowest BCUT2D eigenvalue weighted by Gasteiger charge is -1.99. The highest BCUT2D eigenvalue weighted by atomic mass is 14.6. The summed E-state index contributed by atoms with van der Waals surface area (Å²) in [4.78, 5) is 7.80. The molecule has 2 aliphatic heterocycles. The lowest BCUT2D eigenvalue weighted by atomic mass is 10.1. The molecule has 0 amide bonds. The van der Waals surface area contributed by atoms with Crippen molar-refractivity contribution in [1.29, 1.82) is 0 Å². The molecule has 0 saturated carbocycles. The Bertz CT molecular complexity index is 426. The van der Waals surface area contributed by atoms with Crippen molar-refractivity contribution in [2.24, 2.45) is 9.98 Å². The largest absolute Gasteiger partial charge is 0.214 e. The van der Waals surface area contributed by atoms with Crippen LogP contribution in [0.1, 0.15) is 0 Å². The molecule has 0 N–H and O–H groups in total. The van der Waals surface area contributed by atoms with Crippen LogP contribution < -0.4 is 0 Å². The molecule has 0 atom stereocenters. The minimum absolute atomic E-state index is 1.09. The molecule has 66 valence electrons. The maximum absolute atomic E-state index is 3.90. The first-order chi connectivity index (χ1) is 6.97. The van der Waals surface area contributed by atoms with Crippen molar-refractivity contribution < 1.29 is 0 Å². The lowest BCUT2D eigenvalue weighted by molar-refractivity contribution is 1.49. The van der Waals surface area contributed by atoms with Crippen molar-refractivity contribution in [3.05, 3.63) is 60.0 Å². The summed E-state index contributed by atoms with van der Waals surface area (Å²) in [6, 6.07) is 0. The summed E-state index contributed by atoms with van der Waals surface area (Å²) in [6.07, 6.45) is 14.8. The quantitative estimate of drug-likeness (QED) is 0.591. The summed E-state index contributed by atoms with van der Waals surface area (Å²) in [7, 11) is 0. The second kappa shape index (κ2) is 4.20. The number of rotatable bonds is 1. The molecule has 2 heterocycles. The number of nitrogens with zero attached hydrogens (tertiary/aromatic N) is 2. The van der Waals surface area contributed by atoms with Gasteiger partial charge in [-0.15, -0.1) is 0 Å². The highest BCUT2D eigenvalue weighted by Crippen LogP contribution is 2.15. The van der Waals surface area contributed by atoms with Crippen LogP contribution in [-0.4, -0.2) is 11.7 Å². The Kier molecular flexibility index (Phi) is 2.54. The molecule has 0 aromatic heterocycles. The Labute approximate surface area is 82.4 Å². The van der Waals surface area contributed by atoms with Gasteiger partial charge in [-0.05, 0) is 47.2 Å². The van der Waals surface area contributed by atoms with Gasteiger partial charge in [0.2, 0.25) is 0 Å². The van der Waals surface area contributed by atoms with Gasteiger partial charge in [0.1, 0.15) is 0 Å². The van der Waals surface area contributed by atoms with Crippen LogP contribution in [0.25, 0.3) is 0 Å². The zero-order valence-electron chi connectivity index (χ0n) is 7.51. The molecular formula is C12H8N2. The molecule has 2 aliphatic rings. The van der Waals surface area contributed by atoms with Gasteiger partial charge in [0.05, 0.1) is 0 Å². The van der Waals surface area contributed by atoms with Crippen molar-refractivity contribution in [2.45, 2.75) is 0 Å². The van der Waals surface area contributed by atoms with E-state index in [1.54, 1.807) is 24.6 Å². The van der Waals surface area contributed by atoms with E-state index in [0.29, 0.717) is 0 Å². The molecule has 2 nitrogen and oxygen atoms in total. The fourth-order valence-electron chi connectivity index (χ4n) is 1.16. The Balaban J connectivity index is 2.34. The first-order valence-corrected chi connectivity index (χ1v) is 4.28. The second-order valence-electron chi connectivity index (χ2n) is 2.73. The maximum atomic E-state index is 3.90. The van der Waals surface area contributed by atoms with Gasteiger partial charge in [0.15, 0.2) is 0 Å². The van der Waals surface area contributed by atoms with Gasteiger partial charge in [0.25, 0.3) is 0 Å². The molecule has 0 radical (unpaired) electrons. The average molecular weight is 180 g/mol. The third-order valence-electron chi connectivity index (χ3n) is 1.81. The predicted octanol–water partition coefficient (Wildman–Crippen LogP) is 2.35. The van der Waals surface area contributed by atoms with Crippen LogP contribution in [0.5, 0.6) is 0 Å². The van der Waals surface area contributed by atoms with Crippen LogP contribution in [-0.2, 0) is 0 Å². The van der Waals surface area contributed by atoms with Gasteiger partial charge in [-0.1, -0.05) is 0 Å². The van der Waals surface area contributed by atoms with E-state index < -0.39 is 0 Å². The molecule has 0 aliphatic carbocycles. The highest BCUT2D eigenvalue weighted by Gasteiger charge is 1.98. The first kappa shape index (κ1) is 8.46. The Morgan fingerprint density at radius 3 is 1.79 bits per heavy atom. The molecule has 0 aromatic carbocycles. The summed E-state index contributed by atoms with van der Waals surface area (Å²) < 4.78 is 0. The molecule has 0 aromatic rings. The van der Waals surface area contributed by atoms with Gasteiger partial charge < -0.3 is 0 Å². The normalized spacial score (nSPS) is 17.7. The molecule has 0 unspecified atom stereocenters. The molecule has 14 heavy (non-hydrogen) atoms. The third kappa shape index (κ3) is 1.96. The summed E-state index contributed by atoms with van der Waals surface area (Å²) in [5.74, 6) is 5.54. The Morgan fingerprint density at radius 1 is 0.786 bits per heavy atom. The molecular weight excluding hydrogens is 172 g/mol. The van der Waals surface area contributed by atoms with Gasteiger partial charge in [-0.3, -0.25) is 0 Å². The first-order valence-electron chi connectivity index (χ1n) is 4.28. The van der Waals surface area contributed by atoms with Crippen molar-refractivity contribution in [2.75, 3.05) is 0 Å². The molecule has 2 heteroatoms. The van der Waals surface area contributed by atoms with E-state index in [1.807, 2.05) is 24.3 Å². The van der Waals surface area contributed by atoms with Crippen LogP contribution >= 0.6 is 0 Å². The Hall–Kier alpha value is -2.14. The standard InChI is InChI=1S/C12H8N2/c1-3-11(5-9-13-7-1)12-4-2-8-14-10-6-12/h1-6,9-10H. The van der Waals surface area contributed by atoms with Crippen LogP contribution in [0.2, 0.25) is 0 Å². The highest BCUT2D eigenvalue weighted by molar-refractivity contribution is 5.64. The SMILES string of the molecule is C1=CC=C(C2=CC=C=NC=C2)C=CN=1. The van der Waals surface area contributed by atoms with Gasteiger partial charge in [0, 0.05) is 24.6 Å². The molecule has 0 saturated heterocycles. The van der Waals surface area contributed by atoms with Crippen molar-refractivity contribution in [3.8, 4) is 0 Å². The molecule has 0 bridgehead atoms. The van der Waals surface area contributed by atoms with Gasteiger partial charge in [-0.2, -0.15) is 0 Å². The number of aliphatic imine (C=N–C) groups is 2. The van der Waals surface area contributed by atoms with Crippen molar-refractivity contribution in [3.63, 3.8) is 0 Å². The fourth-order valence-corrected chi connectivity index (χ4v) is 1.16. The van der Waals surface area contributed by atoms with Crippen LogP contribution in [0.4, 0.5) is 0 Å². The van der Waals surface area contributed by atoms with Gasteiger partial charge >= 0.3 is 0 Å². The topological polar surface area (TPSA) is 24.7 Å². The smallest absolute Gasteiger partial charge is 0.0374 e. The van der Waals surface area contributed by atoms with Gasteiger partial charge in [-0.25, -0.2) is 9.98 Å². The second-order valence-corrected chi connectivity index (χ2v) is 2.73. The number of allylic oxidation sites excluding steroid dienone is 8. The van der Waals surface area contributed by atoms with Crippen molar-refractivity contribution >= 4 is 11.7 Å². The zero-order valence-corrected chi connectivity index (χ0v) is 7.51. The number of hydrogen-bond donors (Lipinski definition) is 0. The van der Waals surface area contributed by atoms with E-state index in [-0.39, 0.29) is 0 Å². The molecule has 0 fully saturated rings. The molecule has 0 spiro atoms. The average Bonchev–Trinajstić information content (AvgIpc) is 2.62. The monoisotopic (exact) mass is 180 g/mol. The van der Waals surface area contributed by atoms with E-state index in [1.165, 1.54) is 0 Å². The minimum atomic E-state index is 1.09. The maximum Gasteiger partial charge on any atom is 0.0374 e.